The average molecular weight is 342 g/mol. The molecule has 0 aliphatic carbocycles. The average Bonchev–Trinajstić information content (AvgIpc) is 2.65. The topological polar surface area (TPSA) is 61.4 Å². The quantitative estimate of drug-likeness (QED) is 0.501. The predicted molar refractivity (Wildman–Crippen MR) is 97.7 cm³/mol. The molecule has 2 unspecified atom stereocenters. The molecule has 2 atom stereocenters. The largest absolute Gasteiger partial charge is 0.379 e. The van der Waals surface area contributed by atoms with Crippen LogP contribution < -0.4 is 10.6 Å². The molecule has 7 heteroatoms. The van der Waals surface area contributed by atoms with Gasteiger partial charge in [-0.05, 0) is 20.8 Å². The van der Waals surface area contributed by atoms with Gasteiger partial charge in [0.2, 0.25) is 0 Å². The van der Waals surface area contributed by atoms with E-state index in [4.69, 9.17) is 14.5 Å². The monoisotopic (exact) mass is 341 g/mol. The minimum absolute atomic E-state index is 0.445. The highest BCUT2D eigenvalue weighted by Crippen LogP contribution is 2.04. The van der Waals surface area contributed by atoms with Crippen LogP contribution in [0.4, 0.5) is 0 Å². The summed E-state index contributed by atoms with van der Waals surface area (Å²) < 4.78 is 10.8. The summed E-state index contributed by atoms with van der Waals surface area (Å²) in [6, 6.07) is 0.926. The molecule has 7 nitrogen and oxygen atoms in total. The van der Waals surface area contributed by atoms with Crippen LogP contribution in [0.1, 0.15) is 20.8 Å². The van der Waals surface area contributed by atoms with Crippen molar-refractivity contribution in [3.63, 3.8) is 0 Å². The van der Waals surface area contributed by atoms with E-state index in [2.05, 4.69) is 41.2 Å². The first-order valence-electron chi connectivity index (χ1n) is 9.36. The molecule has 0 aromatic rings. The Morgan fingerprint density at radius 3 is 2.00 bits per heavy atom. The lowest BCUT2D eigenvalue weighted by molar-refractivity contribution is 0.0210. The summed E-state index contributed by atoms with van der Waals surface area (Å²) in [6.07, 6.45) is 0. The summed E-state index contributed by atoms with van der Waals surface area (Å²) in [5.74, 6) is 0.915. The lowest BCUT2D eigenvalue weighted by Crippen LogP contribution is -2.49. The van der Waals surface area contributed by atoms with Gasteiger partial charge in [-0.15, -0.1) is 0 Å². The van der Waals surface area contributed by atoms with Gasteiger partial charge in [0.05, 0.1) is 33.0 Å². The smallest absolute Gasteiger partial charge is 0.191 e. The Hall–Kier alpha value is -0.890. The van der Waals surface area contributed by atoms with Crippen LogP contribution in [-0.2, 0) is 9.47 Å². The molecule has 24 heavy (non-hydrogen) atoms. The van der Waals surface area contributed by atoms with E-state index in [-0.39, 0.29) is 0 Å². The first-order valence-corrected chi connectivity index (χ1v) is 9.36. The van der Waals surface area contributed by atoms with Crippen molar-refractivity contribution in [1.29, 1.82) is 0 Å². The van der Waals surface area contributed by atoms with E-state index in [0.717, 1.165) is 78.2 Å². The maximum absolute atomic E-state index is 5.42. The molecule has 2 aliphatic heterocycles. The minimum atomic E-state index is 0.445. The van der Waals surface area contributed by atoms with Gasteiger partial charge in [0.15, 0.2) is 5.96 Å². The molecule has 0 spiro atoms. The number of nitrogens with zero attached hydrogens (tertiary/aromatic N) is 3. The van der Waals surface area contributed by atoms with Gasteiger partial charge in [-0.25, -0.2) is 0 Å². The summed E-state index contributed by atoms with van der Waals surface area (Å²) in [7, 11) is 0. The Bertz CT molecular complexity index is 368. The Morgan fingerprint density at radius 2 is 1.46 bits per heavy atom. The number of aliphatic imine (C=N–C) groups is 1. The van der Waals surface area contributed by atoms with Crippen LogP contribution in [0.3, 0.4) is 0 Å². The minimum Gasteiger partial charge on any atom is -0.379 e. The highest BCUT2D eigenvalue weighted by Gasteiger charge is 2.18. The van der Waals surface area contributed by atoms with Gasteiger partial charge in [-0.3, -0.25) is 14.8 Å². The summed E-state index contributed by atoms with van der Waals surface area (Å²) in [4.78, 5) is 9.69. The molecule has 2 rings (SSSR count). The molecule has 2 heterocycles. The summed E-state index contributed by atoms with van der Waals surface area (Å²) in [5, 5.41) is 6.84. The molecule has 0 saturated carbocycles. The Kier molecular flexibility index (Phi) is 8.80. The number of nitrogens with one attached hydrogen (secondary N) is 2. The van der Waals surface area contributed by atoms with Crippen LogP contribution in [0.2, 0.25) is 0 Å². The second-order valence-electron chi connectivity index (χ2n) is 6.60. The molecular formula is C17H35N5O2. The van der Waals surface area contributed by atoms with Crippen molar-refractivity contribution in [3.8, 4) is 0 Å². The number of rotatable bonds is 7. The third-order valence-electron chi connectivity index (χ3n) is 4.76. The van der Waals surface area contributed by atoms with Crippen LogP contribution >= 0.6 is 0 Å². The lowest BCUT2D eigenvalue weighted by Gasteiger charge is -2.33. The SMILES string of the molecule is CCNC(=NCC(C)N1CCOCC1)NCC(C)N1CCOCC1. The van der Waals surface area contributed by atoms with E-state index in [0.29, 0.717) is 12.1 Å². The highest BCUT2D eigenvalue weighted by molar-refractivity contribution is 5.79. The molecular weight excluding hydrogens is 306 g/mol. The zero-order valence-electron chi connectivity index (χ0n) is 15.6. The van der Waals surface area contributed by atoms with Crippen molar-refractivity contribution in [2.45, 2.75) is 32.9 Å². The van der Waals surface area contributed by atoms with Crippen molar-refractivity contribution < 1.29 is 9.47 Å². The lowest BCUT2D eigenvalue weighted by atomic mass is 10.2. The van der Waals surface area contributed by atoms with E-state index in [1.54, 1.807) is 0 Å². The van der Waals surface area contributed by atoms with Gasteiger partial charge >= 0.3 is 0 Å². The third kappa shape index (κ3) is 6.55. The standard InChI is InChI=1S/C17H35N5O2/c1-4-18-17(19-13-15(2)21-5-9-23-10-6-21)20-14-16(3)22-7-11-24-12-8-22/h15-16H,4-14H2,1-3H3,(H2,18,19,20). The van der Waals surface area contributed by atoms with Crippen molar-refractivity contribution in [1.82, 2.24) is 20.4 Å². The van der Waals surface area contributed by atoms with E-state index in [1.165, 1.54) is 0 Å². The fourth-order valence-corrected chi connectivity index (χ4v) is 3.09. The van der Waals surface area contributed by atoms with Crippen LogP contribution in [0.15, 0.2) is 4.99 Å². The molecule has 2 fully saturated rings. The molecule has 2 aliphatic rings. The normalized spacial score (nSPS) is 23.7. The van der Waals surface area contributed by atoms with E-state index >= 15 is 0 Å². The fourth-order valence-electron chi connectivity index (χ4n) is 3.09. The van der Waals surface area contributed by atoms with Crippen molar-refractivity contribution in [3.05, 3.63) is 0 Å². The second kappa shape index (κ2) is 10.9. The maximum Gasteiger partial charge on any atom is 0.191 e. The second-order valence-corrected chi connectivity index (χ2v) is 6.60. The molecule has 0 aromatic carbocycles. The van der Waals surface area contributed by atoms with Gasteiger partial charge in [0.25, 0.3) is 0 Å². The van der Waals surface area contributed by atoms with Crippen LogP contribution in [0.5, 0.6) is 0 Å². The first kappa shape index (κ1) is 19.4. The first-order chi connectivity index (χ1) is 11.7. The molecule has 0 radical (unpaired) electrons. The van der Waals surface area contributed by atoms with Crippen LogP contribution in [0, 0.1) is 0 Å². The van der Waals surface area contributed by atoms with Crippen LogP contribution in [-0.4, -0.2) is 100 Å². The van der Waals surface area contributed by atoms with Gasteiger partial charge < -0.3 is 20.1 Å². The van der Waals surface area contributed by atoms with Crippen molar-refractivity contribution in [2.75, 3.05) is 72.2 Å². The van der Waals surface area contributed by atoms with Gasteiger partial charge in [0, 0.05) is 51.4 Å². The Balaban J connectivity index is 1.76. The predicted octanol–water partition coefficient (Wildman–Crippen LogP) is -0.0171. The highest BCUT2D eigenvalue weighted by atomic mass is 16.5. The molecule has 2 N–H and O–H groups in total. The number of hydrogen-bond acceptors (Lipinski definition) is 5. The molecule has 0 aromatic heterocycles. The zero-order valence-corrected chi connectivity index (χ0v) is 15.6. The van der Waals surface area contributed by atoms with Gasteiger partial charge in [-0.1, -0.05) is 0 Å². The molecule has 0 amide bonds. The third-order valence-corrected chi connectivity index (χ3v) is 4.76. The number of ether oxygens (including phenoxy) is 2. The maximum atomic E-state index is 5.42. The summed E-state index contributed by atoms with van der Waals surface area (Å²) in [6.45, 7) is 16.6. The summed E-state index contributed by atoms with van der Waals surface area (Å²) in [5.41, 5.74) is 0. The van der Waals surface area contributed by atoms with E-state index < -0.39 is 0 Å². The Labute approximate surface area is 146 Å². The van der Waals surface area contributed by atoms with E-state index in [1.807, 2.05) is 0 Å². The van der Waals surface area contributed by atoms with E-state index in [9.17, 15) is 0 Å². The molecule has 2 saturated heterocycles. The molecule has 0 bridgehead atoms. The fraction of sp³-hybridized carbons (Fsp3) is 0.941. The van der Waals surface area contributed by atoms with Gasteiger partial charge in [-0.2, -0.15) is 0 Å². The number of hydrogen-bond donors (Lipinski definition) is 2. The van der Waals surface area contributed by atoms with Crippen LogP contribution in [0.25, 0.3) is 0 Å². The van der Waals surface area contributed by atoms with Crippen molar-refractivity contribution in [2.24, 2.45) is 4.99 Å². The Morgan fingerprint density at radius 1 is 0.917 bits per heavy atom. The zero-order chi connectivity index (χ0) is 17.2. The summed E-state index contributed by atoms with van der Waals surface area (Å²) >= 11 is 0. The van der Waals surface area contributed by atoms with Crippen molar-refractivity contribution >= 4 is 5.96 Å². The number of guanidine groups is 1. The van der Waals surface area contributed by atoms with Gasteiger partial charge in [0.1, 0.15) is 0 Å². The molecule has 140 valence electrons. The number of morpholine rings is 2.